The van der Waals surface area contributed by atoms with Crippen LogP contribution in [0, 0.1) is 11.8 Å². The summed E-state index contributed by atoms with van der Waals surface area (Å²) >= 11 is 0. The lowest BCUT2D eigenvalue weighted by atomic mass is 9.97. The molecular formula is C13H25ClN2O2. The number of carbonyl (C=O) groups is 1. The van der Waals surface area contributed by atoms with E-state index in [1.165, 1.54) is 12.8 Å². The average Bonchev–Trinajstić information content (AvgIpc) is 3.07. The highest BCUT2D eigenvalue weighted by Crippen LogP contribution is 2.36. The van der Waals surface area contributed by atoms with E-state index in [0.29, 0.717) is 19.1 Å². The maximum Gasteiger partial charge on any atom is 0.223 e. The number of nitrogens with one attached hydrogen (secondary N) is 2. The molecular weight excluding hydrogens is 252 g/mol. The van der Waals surface area contributed by atoms with Gasteiger partial charge in [-0.05, 0) is 38.1 Å². The molecule has 0 aromatic rings. The fourth-order valence-corrected chi connectivity index (χ4v) is 2.70. The number of methoxy groups -OCH3 is 1. The van der Waals surface area contributed by atoms with Crippen LogP contribution in [0.25, 0.3) is 0 Å². The van der Waals surface area contributed by atoms with Gasteiger partial charge in [0.25, 0.3) is 0 Å². The number of hydrogen-bond donors (Lipinski definition) is 2. The Morgan fingerprint density at radius 3 is 2.78 bits per heavy atom. The maximum atomic E-state index is 11.9. The van der Waals surface area contributed by atoms with Gasteiger partial charge in [0.1, 0.15) is 0 Å². The molecule has 2 aliphatic rings. The first-order chi connectivity index (χ1) is 8.17. The van der Waals surface area contributed by atoms with E-state index in [1.54, 1.807) is 7.11 Å². The van der Waals surface area contributed by atoms with Crippen molar-refractivity contribution >= 4 is 18.3 Å². The van der Waals surface area contributed by atoms with E-state index >= 15 is 0 Å². The molecule has 2 unspecified atom stereocenters. The first kappa shape index (κ1) is 15.7. The second kappa shape index (κ2) is 6.73. The number of rotatable bonds is 6. The Morgan fingerprint density at radius 2 is 2.28 bits per heavy atom. The van der Waals surface area contributed by atoms with Crippen molar-refractivity contribution < 1.29 is 9.53 Å². The Kier molecular flexibility index (Phi) is 5.89. The highest BCUT2D eigenvalue weighted by molar-refractivity contribution is 5.85. The summed E-state index contributed by atoms with van der Waals surface area (Å²) in [4.78, 5) is 11.9. The third-order valence-corrected chi connectivity index (χ3v) is 4.10. The highest BCUT2D eigenvalue weighted by atomic mass is 35.5. The van der Waals surface area contributed by atoms with E-state index in [9.17, 15) is 4.79 Å². The minimum atomic E-state index is -0.0340. The van der Waals surface area contributed by atoms with E-state index in [-0.39, 0.29) is 29.8 Å². The van der Waals surface area contributed by atoms with Crippen LogP contribution in [0.3, 0.4) is 0 Å². The van der Waals surface area contributed by atoms with Crippen LogP contribution < -0.4 is 10.6 Å². The van der Waals surface area contributed by atoms with Crippen LogP contribution in [-0.4, -0.2) is 38.3 Å². The molecule has 1 saturated carbocycles. The molecule has 1 saturated heterocycles. The fourth-order valence-electron chi connectivity index (χ4n) is 2.70. The topological polar surface area (TPSA) is 50.4 Å². The van der Waals surface area contributed by atoms with Crippen molar-refractivity contribution in [1.29, 1.82) is 0 Å². The molecule has 2 rings (SSSR count). The predicted molar refractivity (Wildman–Crippen MR) is 74.0 cm³/mol. The molecule has 1 heterocycles. The van der Waals surface area contributed by atoms with E-state index in [0.717, 1.165) is 19.4 Å². The van der Waals surface area contributed by atoms with E-state index in [4.69, 9.17) is 4.74 Å². The molecule has 0 aromatic carbocycles. The highest BCUT2D eigenvalue weighted by Gasteiger charge is 2.36. The molecule has 1 aliphatic heterocycles. The molecule has 2 N–H and O–H groups in total. The molecule has 106 valence electrons. The van der Waals surface area contributed by atoms with Gasteiger partial charge in [0.05, 0.1) is 12.1 Å². The summed E-state index contributed by atoms with van der Waals surface area (Å²) in [5.74, 6) is 1.01. The van der Waals surface area contributed by atoms with E-state index in [2.05, 4.69) is 10.6 Å². The van der Waals surface area contributed by atoms with Gasteiger partial charge in [-0.3, -0.25) is 4.79 Å². The molecule has 0 radical (unpaired) electrons. The third-order valence-electron chi connectivity index (χ3n) is 4.10. The molecule has 0 spiro atoms. The van der Waals surface area contributed by atoms with Crippen LogP contribution in [0.4, 0.5) is 0 Å². The van der Waals surface area contributed by atoms with E-state index in [1.807, 2.05) is 6.92 Å². The van der Waals surface area contributed by atoms with Gasteiger partial charge in [-0.15, -0.1) is 12.4 Å². The van der Waals surface area contributed by atoms with Gasteiger partial charge in [-0.25, -0.2) is 0 Å². The van der Waals surface area contributed by atoms with Crippen LogP contribution in [0.15, 0.2) is 0 Å². The molecule has 2 fully saturated rings. The average molecular weight is 277 g/mol. The summed E-state index contributed by atoms with van der Waals surface area (Å²) in [7, 11) is 1.72. The van der Waals surface area contributed by atoms with Gasteiger partial charge in [0.15, 0.2) is 0 Å². The lowest BCUT2D eigenvalue weighted by molar-refractivity contribution is -0.125. The molecule has 1 amide bonds. The van der Waals surface area contributed by atoms with Crippen molar-refractivity contribution in [3.63, 3.8) is 0 Å². The second-order valence-corrected chi connectivity index (χ2v) is 5.59. The van der Waals surface area contributed by atoms with Crippen molar-refractivity contribution in [2.45, 2.75) is 38.1 Å². The largest absolute Gasteiger partial charge is 0.383 e. The quantitative estimate of drug-likeness (QED) is 0.770. The number of ether oxygens (including phenoxy) is 1. The summed E-state index contributed by atoms with van der Waals surface area (Å²) < 4.78 is 5.27. The van der Waals surface area contributed by atoms with Crippen molar-refractivity contribution in [3.05, 3.63) is 0 Å². The predicted octanol–water partition coefficient (Wildman–Crippen LogP) is 1.34. The van der Waals surface area contributed by atoms with Crippen LogP contribution in [0.1, 0.15) is 32.6 Å². The van der Waals surface area contributed by atoms with Gasteiger partial charge in [-0.2, -0.15) is 0 Å². The summed E-state index contributed by atoms with van der Waals surface area (Å²) in [6.45, 7) is 4.43. The third kappa shape index (κ3) is 3.84. The zero-order valence-corrected chi connectivity index (χ0v) is 12.1. The zero-order valence-electron chi connectivity index (χ0n) is 11.3. The molecule has 18 heavy (non-hydrogen) atoms. The number of halogens is 1. The van der Waals surface area contributed by atoms with Crippen molar-refractivity contribution in [1.82, 2.24) is 10.6 Å². The number of hydrogen-bond acceptors (Lipinski definition) is 3. The Bertz CT molecular complexity index is 276. The second-order valence-electron chi connectivity index (χ2n) is 5.59. The van der Waals surface area contributed by atoms with Crippen LogP contribution in [0.2, 0.25) is 0 Å². The Labute approximate surface area is 116 Å². The molecule has 2 atom stereocenters. The number of amides is 1. The van der Waals surface area contributed by atoms with E-state index < -0.39 is 0 Å². The summed E-state index contributed by atoms with van der Waals surface area (Å²) in [6.07, 6.45) is 4.68. The maximum absolute atomic E-state index is 11.9. The smallest absolute Gasteiger partial charge is 0.223 e. The Morgan fingerprint density at radius 1 is 1.56 bits per heavy atom. The normalized spacial score (nSPS) is 28.6. The Hall–Kier alpha value is -0.320. The summed E-state index contributed by atoms with van der Waals surface area (Å²) in [6, 6.07) is 0. The van der Waals surface area contributed by atoms with Crippen molar-refractivity contribution in [2.24, 2.45) is 11.8 Å². The fraction of sp³-hybridized carbons (Fsp3) is 0.923. The number of carbonyl (C=O) groups excluding carboxylic acids is 1. The molecule has 1 aliphatic carbocycles. The standard InChI is InChI=1S/C13H24N2O2.ClH/c1-10(11-4-5-11)12(16)14-8-13(9-17-2)6-3-7-15-13;/h10-11,15H,3-9H2,1-2H3,(H,14,16);1H. The van der Waals surface area contributed by atoms with Crippen molar-refractivity contribution in [3.8, 4) is 0 Å². The monoisotopic (exact) mass is 276 g/mol. The minimum absolute atomic E-state index is 0. The first-order valence-corrected chi connectivity index (χ1v) is 6.68. The molecule has 4 nitrogen and oxygen atoms in total. The lowest BCUT2D eigenvalue weighted by Crippen LogP contribution is -2.53. The van der Waals surface area contributed by atoms with Crippen LogP contribution >= 0.6 is 12.4 Å². The SMILES string of the molecule is COCC1(CNC(=O)C(C)C2CC2)CCCN1.Cl. The first-order valence-electron chi connectivity index (χ1n) is 6.68. The Balaban J connectivity index is 0.00000162. The molecule has 5 heteroatoms. The van der Waals surface area contributed by atoms with Crippen LogP contribution in [0.5, 0.6) is 0 Å². The zero-order chi connectivity index (χ0) is 12.3. The van der Waals surface area contributed by atoms with Gasteiger partial charge in [0.2, 0.25) is 5.91 Å². The summed E-state index contributed by atoms with van der Waals surface area (Å²) in [5, 5.41) is 6.56. The summed E-state index contributed by atoms with van der Waals surface area (Å²) in [5.41, 5.74) is -0.0340. The van der Waals surface area contributed by atoms with Gasteiger partial charge >= 0.3 is 0 Å². The van der Waals surface area contributed by atoms with Gasteiger partial charge < -0.3 is 15.4 Å². The van der Waals surface area contributed by atoms with Gasteiger partial charge in [0, 0.05) is 19.6 Å². The van der Waals surface area contributed by atoms with Crippen molar-refractivity contribution in [2.75, 3.05) is 26.8 Å². The molecule has 0 aromatic heterocycles. The van der Waals surface area contributed by atoms with Gasteiger partial charge in [-0.1, -0.05) is 6.92 Å². The van der Waals surface area contributed by atoms with Crippen LogP contribution in [-0.2, 0) is 9.53 Å². The molecule has 0 bridgehead atoms. The lowest BCUT2D eigenvalue weighted by Gasteiger charge is -2.29. The minimum Gasteiger partial charge on any atom is -0.383 e.